The van der Waals surface area contributed by atoms with Gasteiger partial charge in [-0.15, -0.1) is 0 Å². The molecule has 3 unspecified atom stereocenters. The molecule has 2 N–H and O–H groups in total. The van der Waals surface area contributed by atoms with Crippen LogP contribution in [0.2, 0.25) is 0 Å². The summed E-state index contributed by atoms with van der Waals surface area (Å²) in [5, 5.41) is 13.8. The van der Waals surface area contributed by atoms with Crippen molar-refractivity contribution in [3.8, 4) is 0 Å². The maximum absolute atomic E-state index is 12.9. The summed E-state index contributed by atoms with van der Waals surface area (Å²) in [5.74, 6) is -0.211. The van der Waals surface area contributed by atoms with Crippen molar-refractivity contribution in [3.05, 3.63) is 48.6 Å². The Kier molecular flexibility index (Phi) is 39.8. The van der Waals surface area contributed by atoms with Crippen molar-refractivity contribution < 1.29 is 32.9 Å². The quantitative estimate of drug-likeness (QED) is 0.0274. The van der Waals surface area contributed by atoms with Gasteiger partial charge in [0.1, 0.15) is 13.2 Å². The molecule has 0 aromatic carbocycles. The van der Waals surface area contributed by atoms with Gasteiger partial charge in [-0.1, -0.05) is 184 Å². The molecule has 0 aliphatic rings. The van der Waals surface area contributed by atoms with Crippen LogP contribution >= 0.6 is 7.82 Å². The number of likely N-dealkylation sites (N-methyl/N-ethyl adjacent to an activating group) is 1. The molecule has 0 saturated carbocycles. The van der Waals surface area contributed by atoms with E-state index in [-0.39, 0.29) is 12.5 Å². The highest BCUT2D eigenvalue weighted by Gasteiger charge is 2.23. The molecule has 0 saturated heterocycles. The van der Waals surface area contributed by atoms with Gasteiger partial charge in [-0.05, 0) is 64.2 Å². The van der Waals surface area contributed by atoms with Crippen LogP contribution in [0.3, 0.4) is 0 Å². The Hall–Kier alpha value is -1.54. The summed E-state index contributed by atoms with van der Waals surface area (Å²) in [6.45, 7) is 4.60. The first-order valence-corrected chi connectivity index (χ1v) is 25.5. The lowest BCUT2D eigenvalue weighted by molar-refractivity contribution is -0.870. The Labute approximate surface area is 359 Å². The van der Waals surface area contributed by atoms with E-state index in [9.17, 15) is 19.4 Å². The molecule has 0 rings (SSSR count). The number of allylic oxidation sites excluding steroid dienone is 7. The van der Waals surface area contributed by atoms with Crippen LogP contribution in [0, 0.1) is 0 Å². The smallest absolute Gasteiger partial charge is 0.268 e. The Morgan fingerprint density at radius 2 is 1.02 bits per heavy atom. The molecule has 0 bridgehead atoms. The van der Waals surface area contributed by atoms with Crippen molar-refractivity contribution in [2.24, 2.45) is 0 Å². The highest BCUT2D eigenvalue weighted by Crippen LogP contribution is 2.38. The zero-order valence-electron chi connectivity index (χ0n) is 38.5. The van der Waals surface area contributed by atoms with Crippen LogP contribution in [0.25, 0.3) is 0 Å². The molecule has 1 amide bonds. The van der Waals surface area contributed by atoms with Crippen molar-refractivity contribution in [2.75, 3.05) is 40.9 Å². The predicted octanol–water partition coefficient (Wildman–Crippen LogP) is 13.0. The minimum Gasteiger partial charge on any atom is -0.756 e. The maximum atomic E-state index is 12.9. The summed E-state index contributed by atoms with van der Waals surface area (Å²) < 4.78 is 23.2. The third kappa shape index (κ3) is 42.6. The van der Waals surface area contributed by atoms with Crippen LogP contribution in [0.1, 0.15) is 206 Å². The van der Waals surface area contributed by atoms with Gasteiger partial charge in [0.15, 0.2) is 0 Å². The number of hydrogen-bond acceptors (Lipinski definition) is 6. The van der Waals surface area contributed by atoms with Gasteiger partial charge in [-0.25, -0.2) is 0 Å². The van der Waals surface area contributed by atoms with Crippen LogP contribution in [-0.4, -0.2) is 68.5 Å². The van der Waals surface area contributed by atoms with E-state index in [0.717, 1.165) is 44.9 Å². The van der Waals surface area contributed by atoms with Gasteiger partial charge in [0.05, 0.1) is 39.9 Å². The van der Waals surface area contributed by atoms with Crippen LogP contribution in [0.4, 0.5) is 0 Å². The molecular formula is C49H93N2O6P. The fraction of sp³-hybridized carbons (Fsp3) is 0.816. The summed E-state index contributed by atoms with van der Waals surface area (Å²) in [6, 6.07) is -0.903. The molecule has 9 heteroatoms. The summed E-state index contributed by atoms with van der Waals surface area (Å²) in [6.07, 6.45) is 51.6. The van der Waals surface area contributed by atoms with E-state index in [1.165, 1.54) is 141 Å². The molecule has 0 aromatic heterocycles. The number of aliphatic hydroxyl groups excluding tert-OH is 1. The number of hydrogen-bond donors (Lipinski definition) is 2. The van der Waals surface area contributed by atoms with Crippen LogP contribution in [0.5, 0.6) is 0 Å². The van der Waals surface area contributed by atoms with Gasteiger partial charge in [-0.2, -0.15) is 0 Å². The Morgan fingerprint density at radius 1 is 0.603 bits per heavy atom. The lowest BCUT2D eigenvalue weighted by Gasteiger charge is -2.29. The number of carbonyl (C=O) groups is 1. The number of amides is 1. The summed E-state index contributed by atoms with van der Waals surface area (Å²) >= 11 is 0. The summed E-state index contributed by atoms with van der Waals surface area (Å²) in [4.78, 5) is 25.3. The molecule has 340 valence electrons. The second-order valence-corrected chi connectivity index (χ2v) is 18.9. The SMILES string of the molecule is CCCCCCC/C=C\C/C=C\CCCCCCCCCCCCCC(=O)NC(COP(=O)([O-])OCC[N+](C)(C)C)C(O)/C=C/CC/C=C/CCCCCCCCC. The van der Waals surface area contributed by atoms with E-state index in [1.54, 1.807) is 6.08 Å². The highest BCUT2D eigenvalue weighted by atomic mass is 31.2. The highest BCUT2D eigenvalue weighted by molar-refractivity contribution is 7.45. The van der Waals surface area contributed by atoms with Gasteiger partial charge in [-0.3, -0.25) is 9.36 Å². The van der Waals surface area contributed by atoms with Gasteiger partial charge in [0.2, 0.25) is 5.91 Å². The number of nitrogens with one attached hydrogen (secondary N) is 1. The van der Waals surface area contributed by atoms with Crippen LogP contribution in [0.15, 0.2) is 48.6 Å². The number of phosphoric ester groups is 1. The van der Waals surface area contributed by atoms with Gasteiger partial charge < -0.3 is 28.8 Å². The first-order chi connectivity index (χ1) is 28.0. The fourth-order valence-electron chi connectivity index (χ4n) is 6.67. The lowest BCUT2D eigenvalue weighted by Crippen LogP contribution is -2.45. The Balaban J connectivity index is 4.31. The second-order valence-electron chi connectivity index (χ2n) is 17.5. The predicted molar refractivity (Wildman–Crippen MR) is 247 cm³/mol. The normalized spacial score (nSPS) is 14.7. The van der Waals surface area contributed by atoms with E-state index in [2.05, 4.69) is 55.6 Å². The number of nitrogens with zero attached hydrogens (tertiary/aromatic N) is 1. The third-order valence-electron chi connectivity index (χ3n) is 10.5. The lowest BCUT2D eigenvalue weighted by atomic mass is 10.0. The summed E-state index contributed by atoms with van der Waals surface area (Å²) in [7, 11) is 1.24. The van der Waals surface area contributed by atoms with E-state index >= 15 is 0 Å². The standard InChI is InChI=1S/C49H93N2O6P/c1-6-8-10-12-14-16-18-20-21-22-23-24-25-26-27-28-29-31-33-35-37-39-41-43-49(53)50-47(46-57-58(54,55)56-45-44-51(3,4)5)48(52)42-40-38-36-34-32-30-19-17-15-13-11-9-7-2/h18,20,22-23,32,34,40,42,47-48,52H,6-17,19,21,24-31,33,35-39,41,43-46H2,1-5H3,(H-,50,53,54,55)/b20-18-,23-22-,34-32+,42-40+. The van der Waals surface area contributed by atoms with E-state index in [4.69, 9.17) is 9.05 Å². The molecule has 0 aliphatic carbocycles. The first kappa shape index (κ1) is 56.5. The van der Waals surface area contributed by atoms with Crippen molar-refractivity contribution >= 4 is 13.7 Å². The Bertz CT molecular complexity index is 1090. The topological polar surface area (TPSA) is 108 Å². The molecule has 8 nitrogen and oxygen atoms in total. The molecule has 0 aliphatic heterocycles. The largest absolute Gasteiger partial charge is 0.756 e. The maximum Gasteiger partial charge on any atom is 0.268 e. The Morgan fingerprint density at radius 3 is 1.50 bits per heavy atom. The van der Waals surface area contributed by atoms with Crippen LogP contribution < -0.4 is 10.2 Å². The van der Waals surface area contributed by atoms with E-state index in [1.807, 2.05) is 27.2 Å². The molecule has 0 aromatic rings. The number of aliphatic hydroxyl groups is 1. The number of rotatable bonds is 43. The number of phosphoric acid groups is 1. The molecule has 58 heavy (non-hydrogen) atoms. The number of quaternary nitrogens is 1. The molecular weight excluding hydrogens is 744 g/mol. The minimum atomic E-state index is -4.60. The first-order valence-electron chi connectivity index (χ1n) is 24.0. The minimum absolute atomic E-state index is 0.00771. The van der Waals surface area contributed by atoms with Gasteiger partial charge >= 0.3 is 0 Å². The van der Waals surface area contributed by atoms with Gasteiger partial charge in [0, 0.05) is 6.42 Å². The molecule has 0 spiro atoms. The average Bonchev–Trinajstić information content (AvgIpc) is 3.17. The zero-order chi connectivity index (χ0) is 42.8. The molecule has 0 radical (unpaired) electrons. The number of carbonyl (C=O) groups excluding carboxylic acids is 1. The van der Waals surface area contributed by atoms with E-state index < -0.39 is 26.6 Å². The van der Waals surface area contributed by atoms with Gasteiger partial charge in [0.25, 0.3) is 7.82 Å². The monoisotopic (exact) mass is 837 g/mol. The van der Waals surface area contributed by atoms with Crippen molar-refractivity contribution in [1.82, 2.24) is 5.32 Å². The molecule has 0 heterocycles. The summed E-state index contributed by atoms with van der Waals surface area (Å²) in [5.41, 5.74) is 0. The van der Waals surface area contributed by atoms with Crippen molar-refractivity contribution in [2.45, 2.75) is 219 Å². The molecule has 0 fully saturated rings. The zero-order valence-corrected chi connectivity index (χ0v) is 39.4. The fourth-order valence-corrected chi connectivity index (χ4v) is 7.39. The number of unbranched alkanes of at least 4 members (excludes halogenated alkanes) is 24. The van der Waals surface area contributed by atoms with Crippen LogP contribution in [-0.2, 0) is 18.4 Å². The average molecular weight is 837 g/mol. The van der Waals surface area contributed by atoms with E-state index in [0.29, 0.717) is 17.4 Å². The van der Waals surface area contributed by atoms with Crippen molar-refractivity contribution in [1.29, 1.82) is 0 Å². The second kappa shape index (κ2) is 40.8. The van der Waals surface area contributed by atoms with Crippen molar-refractivity contribution in [3.63, 3.8) is 0 Å². The third-order valence-corrected chi connectivity index (χ3v) is 11.5. The molecule has 3 atom stereocenters.